The monoisotopic (exact) mass is 486 g/mol. The molecule has 2 rings (SSSR count). The molecule has 1 amide bonds. The number of nitrogen functional groups attached to an aromatic ring is 1. The van der Waals surface area contributed by atoms with Crippen molar-refractivity contribution in [1.29, 1.82) is 0 Å². The van der Waals surface area contributed by atoms with Crippen LogP contribution in [0.3, 0.4) is 0 Å². The molecule has 2 aromatic heterocycles. The molecule has 0 saturated heterocycles. The van der Waals surface area contributed by atoms with Crippen LogP contribution in [0.25, 0.3) is 0 Å². The first-order chi connectivity index (χ1) is 14.9. The molecule has 2 aromatic rings. The molecule has 0 atom stereocenters. The molecule has 13 heteroatoms. The maximum absolute atomic E-state index is 11.8. The van der Waals surface area contributed by atoms with Gasteiger partial charge < -0.3 is 29.9 Å². The Morgan fingerprint density at radius 3 is 2.59 bits per heavy atom. The van der Waals surface area contributed by atoms with Gasteiger partial charge in [-0.2, -0.15) is 0 Å². The number of aryl methyl sites for hydroxylation is 3. The molecular weight excluding hydrogens is 459 g/mol. The van der Waals surface area contributed by atoms with E-state index >= 15 is 0 Å². The number of hydrogen-bond donors (Lipinski definition) is 5. The molecule has 0 radical (unpaired) electrons. The third kappa shape index (κ3) is 7.37. The second-order valence-electron chi connectivity index (χ2n) is 6.93. The summed E-state index contributed by atoms with van der Waals surface area (Å²) in [5, 5.41) is 10.6. The van der Waals surface area contributed by atoms with E-state index in [-0.39, 0.29) is 30.4 Å². The number of amides is 1. The lowest BCUT2D eigenvalue weighted by Gasteiger charge is -2.22. The number of thiol groups is 1. The number of hydrogen-bond acceptors (Lipinski definition) is 7. The van der Waals surface area contributed by atoms with E-state index in [1.165, 1.54) is 11.1 Å². The van der Waals surface area contributed by atoms with Crippen molar-refractivity contribution in [2.75, 3.05) is 12.3 Å². The number of phosphoric acid groups is 1. The Labute approximate surface area is 189 Å². The van der Waals surface area contributed by atoms with Crippen molar-refractivity contribution < 1.29 is 33.2 Å². The summed E-state index contributed by atoms with van der Waals surface area (Å²) >= 11 is 0.323. The zero-order chi connectivity index (χ0) is 24.1. The zero-order valence-electron chi connectivity index (χ0n) is 18.1. The molecule has 176 valence electrons. The number of aliphatic hydroxyl groups excluding tert-OH is 1. The number of carbonyl (C=O) groups is 1. The van der Waals surface area contributed by atoms with Gasteiger partial charge >= 0.3 is 7.82 Å². The summed E-state index contributed by atoms with van der Waals surface area (Å²) in [6.07, 6.45) is 2.16. The Morgan fingerprint density at radius 2 is 2.06 bits per heavy atom. The third-order valence-electron chi connectivity index (χ3n) is 4.46. The smallest absolute Gasteiger partial charge is 0.466 e. The van der Waals surface area contributed by atoms with E-state index < -0.39 is 7.82 Å². The van der Waals surface area contributed by atoms with Gasteiger partial charge in [-0.1, -0.05) is 0 Å². The summed E-state index contributed by atoms with van der Waals surface area (Å²) in [5.41, 5.74) is 7.42. The van der Waals surface area contributed by atoms with Crippen LogP contribution in [0.15, 0.2) is 27.3 Å². The second-order valence-corrected chi connectivity index (χ2v) is 9.36. The molecule has 0 aliphatic heterocycles. The highest BCUT2D eigenvalue weighted by atomic mass is 32.1. The Hall–Kier alpha value is -2.34. The zero-order valence-corrected chi connectivity index (χ0v) is 19.9. The first-order valence-corrected chi connectivity index (χ1v) is 11.9. The molecule has 0 fully saturated rings. The highest BCUT2D eigenvalue weighted by Gasteiger charge is 2.17. The van der Waals surface area contributed by atoms with Crippen LogP contribution < -0.4 is 5.73 Å². The summed E-state index contributed by atoms with van der Waals surface area (Å²) < 4.78 is 21.1. The fourth-order valence-electron chi connectivity index (χ4n) is 2.84. The number of furan rings is 1. The van der Waals surface area contributed by atoms with Crippen molar-refractivity contribution in [1.82, 2.24) is 14.9 Å². The molecule has 0 aliphatic rings. The number of phosphoric ester groups is 1. The van der Waals surface area contributed by atoms with Crippen LogP contribution in [-0.2, 0) is 20.4 Å². The van der Waals surface area contributed by atoms with Crippen molar-refractivity contribution in [2.45, 2.75) is 40.7 Å². The van der Waals surface area contributed by atoms with E-state index in [1.54, 1.807) is 33.8 Å². The van der Waals surface area contributed by atoms with Crippen molar-refractivity contribution in [3.05, 3.63) is 51.3 Å². The molecule has 0 bridgehead atoms. The van der Waals surface area contributed by atoms with E-state index in [4.69, 9.17) is 19.9 Å². The lowest BCUT2D eigenvalue weighted by atomic mass is 10.2. The van der Waals surface area contributed by atoms with E-state index in [9.17, 15) is 14.5 Å². The minimum absolute atomic E-state index is 0.0334. The Bertz CT molecular complexity index is 1090. The molecule has 0 spiro atoms. The van der Waals surface area contributed by atoms with Crippen molar-refractivity contribution >= 4 is 36.5 Å². The van der Waals surface area contributed by atoms with Crippen LogP contribution >= 0.6 is 19.2 Å². The third-order valence-corrected chi connectivity index (χ3v) is 6.24. The first kappa shape index (κ1) is 25.9. The molecule has 0 unspecified atom stereocenters. The average molecular weight is 486 g/mol. The Balaban J connectivity index is 2.43. The quantitative estimate of drug-likeness (QED) is 0.145. The van der Waals surface area contributed by atoms with E-state index in [2.05, 4.69) is 14.5 Å². The summed E-state index contributed by atoms with van der Waals surface area (Å²) in [6.45, 7) is 6.56. The van der Waals surface area contributed by atoms with Gasteiger partial charge in [-0.25, -0.2) is 14.5 Å². The van der Waals surface area contributed by atoms with Crippen LogP contribution in [0.1, 0.15) is 41.8 Å². The van der Waals surface area contributed by atoms with Gasteiger partial charge in [0, 0.05) is 28.8 Å². The number of nitrogens with zero attached hydrogens (tertiary/aromatic N) is 3. The summed E-state index contributed by atoms with van der Waals surface area (Å²) in [4.78, 5) is 39.8. The highest BCUT2D eigenvalue weighted by molar-refractivity contribution is 8.02. The number of anilines is 1. The summed E-state index contributed by atoms with van der Waals surface area (Å²) in [7, 11) is -4.67. The Morgan fingerprint density at radius 1 is 1.38 bits per heavy atom. The topological polar surface area (TPSA) is 172 Å². The molecule has 0 saturated carbocycles. The predicted octanol–water partition coefficient (Wildman–Crippen LogP) is 2.47. The number of rotatable bonds is 10. The highest BCUT2D eigenvalue weighted by Crippen LogP contribution is 2.37. The van der Waals surface area contributed by atoms with Gasteiger partial charge in [-0.05, 0) is 33.8 Å². The fourth-order valence-corrected chi connectivity index (χ4v) is 4.26. The van der Waals surface area contributed by atoms with E-state index in [1.807, 2.05) is 0 Å². The standard InChI is InChI=1S/C19H27N4O7PS/c1-11-7-16(13(3)30-11)19(25)32-17(5-6-29-31(26,27)28)12(2)23(10-24)9-15-8-21-14(4)22-18(15)20/h7-8,10,25,32H,5-6,9H2,1-4H3,(H2,20,21,22)(H2,26,27,28)/b17-12-. The first-order valence-electron chi connectivity index (χ1n) is 9.46. The molecule has 0 aliphatic carbocycles. The largest absolute Gasteiger partial charge is 0.469 e. The van der Waals surface area contributed by atoms with Crippen molar-refractivity contribution in [3.63, 3.8) is 0 Å². The van der Waals surface area contributed by atoms with Gasteiger partial charge in [0.15, 0.2) is 0 Å². The lowest BCUT2D eigenvalue weighted by Crippen LogP contribution is -2.22. The molecule has 0 aromatic carbocycles. The summed E-state index contributed by atoms with van der Waals surface area (Å²) in [5.74, 6) is 1.87. The van der Waals surface area contributed by atoms with E-state index in [0.29, 0.717) is 56.8 Å². The molecule has 11 nitrogen and oxygen atoms in total. The fraction of sp³-hybridized carbons (Fsp3) is 0.368. The van der Waals surface area contributed by atoms with Gasteiger partial charge in [0.2, 0.25) is 6.41 Å². The number of nitrogens with two attached hydrogens (primary N) is 1. The average Bonchev–Trinajstić information content (AvgIpc) is 3.03. The van der Waals surface area contributed by atoms with Crippen LogP contribution in [0.2, 0.25) is 0 Å². The van der Waals surface area contributed by atoms with Gasteiger partial charge in [0.1, 0.15) is 28.2 Å². The SMILES string of the molecule is C/C(=C(CCOP(=O)(O)O)/[SH]=C(\O)c1cc(C)oc1C)N(C=O)Cc1cnc(C)nc1N. The van der Waals surface area contributed by atoms with Crippen LogP contribution in [-0.4, -0.2) is 47.8 Å². The number of aromatic nitrogens is 2. The Kier molecular flexibility index (Phi) is 8.90. The van der Waals surface area contributed by atoms with Crippen LogP contribution in [0.5, 0.6) is 0 Å². The predicted molar refractivity (Wildman–Crippen MR) is 122 cm³/mol. The van der Waals surface area contributed by atoms with E-state index in [0.717, 1.165) is 0 Å². The molecule has 2 heterocycles. The van der Waals surface area contributed by atoms with Gasteiger partial charge in [-0.15, -0.1) is 11.4 Å². The van der Waals surface area contributed by atoms with Gasteiger partial charge in [-0.3, -0.25) is 9.32 Å². The molecular formula is C19H27N4O7PS. The maximum atomic E-state index is 11.8. The van der Waals surface area contributed by atoms with Crippen molar-refractivity contribution in [3.8, 4) is 0 Å². The van der Waals surface area contributed by atoms with Gasteiger partial charge in [0.25, 0.3) is 0 Å². The summed E-state index contributed by atoms with van der Waals surface area (Å²) in [6, 6.07) is 1.68. The van der Waals surface area contributed by atoms with Gasteiger partial charge in [0.05, 0.1) is 18.7 Å². The molecule has 32 heavy (non-hydrogen) atoms. The number of allylic oxidation sites excluding steroid dienone is 1. The minimum atomic E-state index is -4.67. The maximum Gasteiger partial charge on any atom is 0.469 e. The van der Waals surface area contributed by atoms with Crippen LogP contribution in [0, 0.1) is 20.8 Å². The normalized spacial score (nSPS) is 13.4. The van der Waals surface area contributed by atoms with Crippen molar-refractivity contribution in [2.24, 2.45) is 0 Å². The number of aliphatic hydroxyl groups is 1. The van der Waals surface area contributed by atoms with Crippen LogP contribution in [0.4, 0.5) is 5.82 Å². The lowest BCUT2D eigenvalue weighted by molar-refractivity contribution is -0.116. The number of carbonyl (C=O) groups excluding carboxylic acids is 1. The minimum Gasteiger partial charge on any atom is -0.466 e. The second kappa shape index (κ2) is 11.0. The molecule has 5 N–H and O–H groups in total.